The van der Waals surface area contributed by atoms with Gasteiger partial charge in [-0.15, -0.1) is 0 Å². The topological polar surface area (TPSA) is 46.5 Å². The molecule has 4 atom stereocenters. The van der Waals surface area contributed by atoms with Crippen molar-refractivity contribution in [2.24, 2.45) is 23.7 Å². The number of rotatable bonds is 9. The fourth-order valence-corrected chi connectivity index (χ4v) is 5.38. The molecule has 0 heterocycles. The summed E-state index contributed by atoms with van der Waals surface area (Å²) in [6.45, 7) is 0.989. The second kappa shape index (κ2) is 9.03. The van der Waals surface area contributed by atoms with Crippen molar-refractivity contribution in [3.05, 3.63) is 12.2 Å². The first kappa shape index (κ1) is 18.0. The molecule has 3 fully saturated rings. The van der Waals surface area contributed by atoms with Gasteiger partial charge in [-0.3, -0.25) is 4.79 Å². The number of carbonyl (C=O) groups is 1. The van der Waals surface area contributed by atoms with Gasteiger partial charge in [0.15, 0.2) is 0 Å². The molecule has 24 heavy (non-hydrogen) atoms. The molecule has 0 aromatic heterocycles. The lowest BCUT2D eigenvalue weighted by Gasteiger charge is -2.32. The molecular formula is C21H34O3. The van der Waals surface area contributed by atoms with Gasteiger partial charge in [0.05, 0.1) is 12.7 Å². The van der Waals surface area contributed by atoms with Gasteiger partial charge in [-0.05, 0) is 75.0 Å². The van der Waals surface area contributed by atoms with E-state index in [4.69, 9.17) is 9.84 Å². The number of ether oxygens (including phenoxy) is 1. The number of carboxylic acid groups (broad SMARTS) is 1. The van der Waals surface area contributed by atoms with Crippen molar-refractivity contribution in [3.8, 4) is 0 Å². The second-order valence-electron chi connectivity index (χ2n) is 8.25. The van der Waals surface area contributed by atoms with Gasteiger partial charge in [0.1, 0.15) is 0 Å². The van der Waals surface area contributed by atoms with Crippen molar-refractivity contribution >= 4 is 5.97 Å². The monoisotopic (exact) mass is 334 g/mol. The average Bonchev–Trinajstić information content (AvgIpc) is 3.18. The Morgan fingerprint density at radius 2 is 1.75 bits per heavy atom. The molecule has 0 saturated heterocycles. The predicted octanol–water partition coefficient (Wildman–Crippen LogP) is 5.20. The third-order valence-corrected chi connectivity index (χ3v) is 6.69. The number of unbranched alkanes of at least 4 members (excludes halogenated alkanes) is 1. The summed E-state index contributed by atoms with van der Waals surface area (Å²) >= 11 is 0. The Bertz CT molecular complexity index is 425. The molecule has 136 valence electrons. The van der Waals surface area contributed by atoms with E-state index in [0.717, 1.165) is 43.1 Å². The van der Waals surface area contributed by atoms with Gasteiger partial charge in [-0.1, -0.05) is 31.4 Å². The number of fused-ring (bicyclic) bond motifs is 2. The van der Waals surface area contributed by atoms with Crippen LogP contribution in [0.1, 0.15) is 77.0 Å². The summed E-state index contributed by atoms with van der Waals surface area (Å²) in [6, 6.07) is 0. The fraction of sp³-hybridized carbons (Fsp3) is 0.857. The highest BCUT2D eigenvalue weighted by molar-refractivity contribution is 5.66. The molecule has 3 nitrogen and oxygen atoms in total. The van der Waals surface area contributed by atoms with E-state index >= 15 is 0 Å². The Balaban J connectivity index is 1.42. The maximum absolute atomic E-state index is 10.5. The SMILES string of the molecule is O=C(O)CCCC=CC[C@H]1[C@H]2CC[C@H](C2)[C@H]1COC1CCCCC1. The molecule has 3 aliphatic rings. The van der Waals surface area contributed by atoms with E-state index in [1.165, 1.54) is 57.8 Å². The van der Waals surface area contributed by atoms with Gasteiger partial charge in [0.25, 0.3) is 0 Å². The van der Waals surface area contributed by atoms with Crippen LogP contribution in [0.3, 0.4) is 0 Å². The van der Waals surface area contributed by atoms with Crippen LogP contribution in [-0.2, 0) is 9.53 Å². The zero-order valence-corrected chi connectivity index (χ0v) is 15.0. The van der Waals surface area contributed by atoms with E-state index in [2.05, 4.69) is 12.2 Å². The molecule has 0 amide bonds. The van der Waals surface area contributed by atoms with Crippen LogP contribution < -0.4 is 0 Å². The molecule has 1 N–H and O–H groups in total. The van der Waals surface area contributed by atoms with Gasteiger partial charge in [0, 0.05) is 6.42 Å². The van der Waals surface area contributed by atoms with E-state index in [1.54, 1.807) is 0 Å². The van der Waals surface area contributed by atoms with Crippen LogP contribution >= 0.6 is 0 Å². The zero-order valence-electron chi connectivity index (χ0n) is 15.0. The van der Waals surface area contributed by atoms with Crippen LogP contribution in [-0.4, -0.2) is 23.8 Å². The summed E-state index contributed by atoms with van der Waals surface area (Å²) in [5.74, 6) is 2.72. The van der Waals surface area contributed by atoms with Gasteiger partial charge < -0.3 is 9.84 Å². The molecule has 0 aromatic rings. The molecule has 3 rings (SSSR count). The van der Waals surface area contributed by atoms with Gasteiger partial charge in [0.2, 0.25) is 0 Å². The highest BCUT2D eigenvalue weighted by Gasteiger charge is 2.46. The minimum Gasteiger partial charge on any atom is -0.481 e. The van der Waals surface area contributed by atoms with E-state index in [0.29, 0.717) is 6.10 Å². The minimum absolute atomic E-state index is 0.288. The van der Waals surface area contributed by atoms with Gasteiger partial charge in [-0.25, -0.2) is 0 Å². The van der Waals surface area contributed by atoms with Crippen molar-refractivity contribution < 1.29 is 14.6 Å². The van der Waals surface area contributed by atoms with E-state index < -0.39 is 5.97 Å². The second-order valence-corrected chi connectivity index (χ2v) is 8.25. The van der Waals surface area contributed by atoms with Crippen molar-refractivity contribution in [3.63, 3.8) is 0 Å². The third kappa shape index (κ3) is 4.84. The maximum atomic E-state index is 10.5. The fourth-order valence-electron chi connectivity index (χ4n) is 5.38. The Morgan fingerprint density at radius 3 is 2.50 bits per heavy atom. The first-order valence-electron chi connectivity index (χ1n) is 10.2. The van der Waals surface area contributed by atoms with Crippen LogP contribution in [0.4, 0.5) is 0 Å². The van der Waals surface area contributed by atoms with Crippen molar-refractivity contribution in [2.75, 3.05) is 6.61 Å². The highest BCUT2D eigenvalue weighted by atomic mass is 16.5. The zero-order chi connectivity index (χ0) is 16.8. The molecule has 2 bridgehead atoms. The Hall–Kier alpha value is -0.830. The summed E-state index contributed by atoms with van der Waals surface area (Å²) in [5.41, 5.74) is 0. The lowest BCUT2D eigenvalue weighted by atomic mass is 9.78. The molecule has 0 radical (unpaired) electrons. The van der Waals surface area contributed by atoms with Crippen LogP contribution in [0.15, 0.2) is 12.2 Å². The number of aliphatic carboxylic acids is 1. The summed E-state index contributed by atoms with van der Waals surface area (Å²) < 4.78 is 6.33. The lowest BCUT2D eigenvalue weighted by Crippen LogP contribution is -2.29. The predicted molar refractivity (Wildman–Crippen MR) is 95.9 cm³/mol. The van der Waals surface area contributed by atoms with E-state index in [1.807, 2.05) is 0 Å². The summed E-state index contributed by atoms with van der Waals surface area (Å²) in [6.07, 6.45) is 19.1. The highest BCUT2D eigenvalue weighted by Crippen LogP contribution is 2.53. The molecule has 3 aliphatic carbocycles. The van der Waals surface area contributed by atoms with E-state index in [9.17, 15) is 4.79 Å². The summed E-state index contributed by atoms with van der Waals surface area (Å²) in [7, 11) is 0. The van der Waals surface area contributed by atoms with Crippen molar-refractivity contribution in [1.29, 1.82) is 0 Å². The van der Waals surface area contributed by atoms with Crippen LogP contribution in [0.5, 0.6) is 0 Å². The lowest BCUT2D eigenvalue weighted by molar-refractivity contribution is -0.137. The molecule has 0 unspecified atom stereocenters. The van der Waals surface area contributed by atoms with Crippen LogP contribution in [0, 0.1) is 23.7 Å². The normalized spacial score (nSPS) is 33.5. The first-order valence-corrected chi connectivity index (χ1v) is 10.2. The summed E-state index contributed by atoms with van der Waals surface area (Å²) in [4.78, 5) is 10.5. The molecule has 0 spiro atoms. The molecular weight excluding hydrogens is 300 g/mol. The first-order chi connectivity index (χ1) is 11.7. The number of hydrogen-bond acceptors (Lipinski definition) is 2. The maximum Gasteiger partial charge on any atom is 0.303 e. The molecule has 3 heteroatoms. The average molecular weight is 335 g/mol. The Labute approximate surface area is 146 Å². The minimum atomic E-state index is -0.684. The smallest absolute Gasteiger partial charge is 0.303 e. The van der Waals surface area contributed by atoms with E-state index in [-0.39, 0.29) is 6.42 Å². The van der Waals surface area contributed by atoms with Crippen molar-refractivity contribution in [2.45, 2.75) is 83.2 Å². The third-order valence-electron chi connectivity index (χ3n) is 6.69. The number of carboxylic acids is 1. The number of allylic oxidation sites excluding steroid dienone is 2. The summed E-state index contributed by atoms with van der Waals surface area (Å²) in [5, 5.41) is 8.68. The van der Waals surface area contributed by atoms with Crippen LogP contribution in [0.2, 0.25) is 0 Å². The molecule has 0 aliphatic heterocycles. The Kier molecular flexibility index (Phi) is 6.76. The Morgan fingerprint density at radius 1 is 1.00 bits per heavy atom. The van der Waals surface area contributed by atoms with Crippen molar-refractivity contribution in [1.82, 2.24) is 0 Å². The quantitative estimate of drug-likeness (QED) is 0.466. The molecule has 0 aromatic carbocycles. The van der Waals surface area contributed by atoms with Gasteiger partial charge in [-0.2, -0.15) is 0 Å². The number of hydrogen-bond donors (Lipinski definition) is 1. The van der Waals surface area contributed by atoms with Gasteiger partial charge >= 0.3 is 5.97 Å². The largest absolute Gasteiger partial charge is 0.481 e. The molecule has 3 saturated carbocycles. The van der Waals surface area contributed by atoms with Crippen LogP contribution in [0.25, 0.3) is 0 Å². The standard InChI is InChI=1S/C21H34O3/c22-21(23)11-7-2-1-6-10-19-16-12-13-17(14-16)20(19)15-24-18-8-4-3-5-9-18/h1,6,16-20H,2-5,7-15H2,(H,22,23)/t16-,17+,19-,20+/m0/s1.